The molecule has 0 aromatic carbocycles. The van der Waals surface area contributed by atoms with E-state index in [1.54, 1.807) is 17.8 Å². The van der Waals surface area contributed by atoms with E-state index in [4.69, 9.17) is 0 Å². The Bertz CT molecular complexity index is 786. The number of pyridine rings is 1. The number of hydrogen-bond donors (Lipinski definition) is 1. The Morgan fingerprint density at radius 2 is 2.30 bits per heavy atom. The van der Waals surface area contributed by atoms with E-state index < -0.39 is 0 Å². The monoisotopic (exact) mass is 315 g/mol. The normalized spacial score (nSPS) is 18.2. The van der Waals surface area contributed by atoms with E-state index in [9.17, 15) is 9.59 Å². The van der Waals surface area contributed by atoms with E-state index in [2.05, 4.69) is 15.3 Å². The Morgan fingerprint density at radius 3 is 3.04 bits per heavy atom. The molecular formula is C16H21N5O2. The van der Waals surface area contributed by atoms with Gasteiger partial charge in [-0.05, 0) is 31.9 Å². The van der Waals surface area contributed by atoms with Crippen LogP contribution in [0.3, 0.4) is 0 Å². The summed E-state index contributed by atoms with van der Waals surface area (Å²) in [6.07, 6.45) is 3.38. The van der Waals surface area contributed by atoms with Crippen molar-refractivity contribution in [3.63, 3.8) is 0 Å². The lowest BCUT2D eigenvalue weighted by atomic mass is 9.97. The minimum Gasteiger partial charge on any atom is -0.359 e. The lowest BCUT2D eigenvalue weighted by Crippen LogP contribution is -2.45. The predicted octanol–water partition coefficient (Wildman–Crippen LogP) is 0.774. The zero-order valence-electron chi connectivity index (χ0n) is 13.5. The van der Waals surface area contributed by atoms with Crippen LogP contribution in [-0.4, -0.2) is 40.6 Å². The van der Waals surface area contributed by atoms with Crippen molar-refractivity contribution < 1.29 is 4.79 Å². The molecule has 1 amide bonds. The number of nitrogens with one attached hydrogen (secondary N) is 1. The second-order valence-corrected chi connectivity index (χ2v) is 5.73. The first kappa shape index (κ1) is 15.5. The minimum atomic E-state index is -0.142. The third kappa shape index (κ3) is 2.78. The molecule has 7 heteroatoms. The topological polar surface area (TPSA) is 80.1 Å². The fourth-order valence-electron chi connectivity index (χ4n) is 3.15. The van der Waals surface area contributed by atoms with Gasteiger partial charge >= 0.3 is 0 Å². The second kappa shape index (κ2) is 6.36. The number of hydrogen-bond acceptors (Lipinski definition) is 5. The molecule has 1 aliphatic rings. The van der Waals surface area contributed by atoms with E-state index in [1.165, 1.54) is 0 Å². The van der Waals surface area contributed by atoms with Crippen molar-refractivity contribution in [1.29, 1.82) is 0 Å². The van der Waals surface area contributed by atoms with Gasteiger partial charge in [0.05, 0.1) is 5.92 Å². The number of nitrogens with zero attached hydrogens (tertiary/aromatic N) is 4. The van der Waals surface area contributed by atoms with Gasteiger partial charge in [-0.3, -0.25) is 14.2 Å². The maximum Gasteiger partial charge on any atom is 0.295 e. The lowest BCUT2D eigenvalue weighted by molar-refractivity contribution is -0.124. The highest BCUT2D eigenvalue weighted by atomic mass is 16.2. The van der Waals surface area contributed by atoms with Crippen molar-refractivity contribution >= 4 is 22.9 Å². The van der Waals surface area contributed by atoms with Crippen molar-refractivity contribution in [2.24, 2.45) is 5.92 Å². The smallest absolute Gasteiger partial charge is 0.295 e. The summed E-state index contributed by atoms with van der Waals surface area (Å²) < 4.78 is 1.64. The van der Waals surface area contributed by atoms with E-state index in [-0.39, 0.29) is 17.4 Å². The molecule has 122 valence electrons. The quantitative estimate of drug-likeness (QED) is 0.905. The molecule has 1 fully saturated rings. The number of aryl methyl sites for hydroxylation is 1. The Morgan fingerprint density at radius 1 is 1.48 bits per heavy atom. The predicted molar refractivity (Wildman–Crippen MR) is 88.5 cm³/mol. The number of amides is 1. The first-order valence-corrected chi connectivity index (χ1v) is 7.97. The van der Waals surface area contributed by atoms with E-state index >= 15 is 0 Å². The number of carbonyl (C=O) groups excluding carboxylic acids is 1. The lowest BCUT2D eigenvalue weighted by Gasteiger charge is -2.32. The Kier molecular flexibility index (Phi) is 4.27. The molecule has 1 aliphatic heterocycles. The van der Waals surface area contributed by atoms with Crippen molar-refractivity contribution in [2.45, 2.75) is 26.3 Å². The summed E-state index contributed by atoms with van der Waals surface area (Å²) in [6, 6.07) is 3.67. The molecule has 0 bridgehead atoms. The summed E-state index contributed by atoms with van der Waals surface area (Å²) in [5.74, 6) is 0.337. The number of carbonyl (C=O) groups is 1. The van der Waals surface area contributed by atoms with Crippen LogP contribution in [0.2, 0.25) is 0 Å². The van der Waals surface area contributed by atoms with Gasteiger partial charge in [0.15, 0.2) is 11.5 Å². The third-order valence-corrected chi connectivity index (χ3v) is 4.34. The molecule has 7 nitrogen and oxygen atoms in total. The number of aromatic nitrogens is 3. The highest BCUT2D eigenvalue weighted by molar-refractivity contribution is 5.79. The maximum absolute atomic E-state index is 12.8. The van der Waals surface area contributed by atoms with E-state index in [0.29, 0.717) is 30.1 Å². The summed E-state index contributed by atoms with van der Waals surface area (Å²) in [5.41, 5.74) is 1.16. The van der Waals surface area contributed by atoms with Crippen LogP contribution in [-0.2, 0) is 11.3 Å². The Hall–Kier alpha value is -2.44. The Balaban J connectivity index is 2.04. The molecule has 3 rings (SSSR count). The molecule has 1 unspecified atom stereocenters. The highest BCUT2D eigenvalue weighted by Crippen LogP contribution is 2.21. The standard InChI is InChI=1S/C16H21N5O2/c1-3-21-13-12(7-4-8-18-13)19-14(16(21)23)20-9-5-6-11(10-20)15(22)17-2/h4,7-8,11H,3,5-6,9-10H2,1-2H3,(H,17,22). The van der Waals surface area contributed by atoms with Gasteiger partial charge < -0.3 is 10.2 Å². The summed E-state index contributed by atoms with van der Waals surface area (Å²) in [6.45, 7) is 3.72. The maximum atomic E-state index is 12.8. The Labute approximate surface area is 134 Å². The molecule has 2 aromatic heterocycles. The number of piperidine rings is 1. The fourth-order valence-corrected chi connectivity index (χ4v) is 3.15. The third-order valence-electron chi connectivity index (χ3n) is 4.34. The van der Waals surface area contributed by atoms with Crippen LogP contribution < -0.4 is 15.8 Å². The number of anilines is 1. The summed E-state index contributed by atoms with van der Waals surface area (Å²) in [7, 11) is 1.64. The van der Waals surface area contributed by atoms with Gasteiger partial charge in [-0.15, -0.1) is 0 Å². The molecule has 1 saturated heterocycles. The molecule has 0 aliphatic carbocycles. The van der Waals surface area contributed by atoms with Crippen LogP contribution in [0.4, 0.5) is 5.82 Å². The van der Waals surface area contributed by atoms with Gasteiger partial charge in [-0.1, -0.05) is 0 Å². The van der Waals surface area contributed by atoms with Crippen LogP contribution in [0, 0.1) is 5.92 Å². The first-order chi connectivity index (χ1) is 11.2. The number of rotatable bonds is 3. The van der Waals surface area contributed by atoms with Gasteiger partial charge in [-0.25, -0.2) is 9.97 Å². The zero-order chi connectivity index (χ0) is 16.4. The molecule has 1 N–H and O–H groups in total. The molecule has 0 spiro atoms. The molecule has 2 aromatic rings. The van der Waals surface area contributed by atoms with Crippen molar-refractivity contribution in [3.05, 3.63) is 28.7 Å². The van der Waals surface area contributed by atoms with Gasteiger partial charge in [0.1, 0.15) is 5.52 Å². The average molecular weight is 315 g/mol. The number of fused-ring (bicyclic) bond motifs is 1. The average Bonchev–Trinajstić information content (AvgIpc) is 2.60. The fraction of sp³-hybridized carbons (Fsp3) is 0.500. The molecule has 0 radical (unpaired) electrons. The van der Waals surface area contributed by atoms with E-state index in [0.717, 1.165) is 19.4 Å². The van der Waals surface area contributed by atoms with Gasteiger partial charge in [0, 0.05) is 32.9 Å². The minimum absolute atomic E-state index is 0.0213. The molecule has 3 heterocycles. The summed E-state index contributed by atoms with van der Waals surface area (Å²) >= 11 is 0. The van der Waals surface area contributed by atoms with Gasteiger partial charge in [0.2, 0.25) is 5.91 Å². The summed E-state index contributed by atoms with van der Waals surface area (Å²) in [5, 5.41) is 2.69. The molecule has 0 saturated carbocycles. The SMILES string of the molecule is CCn1c(=O)c(N2CCCC(C(=O)NC)C2)nc2cccnc21. The molecule has 23 heavy (non-hydrogen) atoms. The second-order valence-electron chi connectivity index (χ2n) is 5.73. The molecular weight excluding hydrogens is 294 g/mol. The zero-order valence-corrected chi connectivity index (χ0v) is 13.5. The summed E-state index contributed by atoms with van der Waals surface area (Å²) in [4.78, 5) is 35.4. The van der Waals surface area contributed by atoms with Crippen molar-refractivity contribution in [3.8, 4) is 0 Å². The van der Waals surface area contributed by atoms with Crippen LogP contribution in [0.5, 0.6) is 0 Å². The van der Waals surface area contributed by atoms with Crippen LogP contribution in [0.15, 0.2) is 23.1 Å². The highest BCUT2D eigenvalue weighted by Gasteiger charge is 2.28. The van der Waals surface area contributed by atoms with Gasteiger partial charge in [0.25, 0.3) is 5.56 Å². The van der Waals surface area contributed by atoms with Gasteiger partial charge in [-0.2, -0.15) is 0 Å². The van der Waals surface area contributed by atoms with Crippen LogP contribution >= 0.6 is 0 Å². The van der Waals surface area contributed by atoms with Crippen LogP contribution in [0.25, 0.3) is 11.2 Å². The first-order valence-electron chi connectivity index (χ1n) is 7.97. The largest absolute Gasteiger partial charge is 0.359 e. The van der Waals surface area contributed by atoms with Crippen LogP contribution in [0.1, 0.15) is 19.8 Å². The van der Waals surface area contributed by atoms with E-state index in [1.807, 2.05) is 24.0 Å². The molecule has 1 atom stereocenters. The van der Waals surface area contributed by atoms with Crippen molar-refractivity contribution in [1.82, 2.24) is 19.9 Å². The van der Waals surface area contributed by atoms with Crippen molar-refractivity contribution in [2.75, 3.05) is 25.0 Å².